The van der Waals surface area contributed by atoms with Crippen molar-refractivity contribution in [2.45, 2.75) is 25.4 Å². The number of hydrogen-bond acceptors (Lipinski definition) is 5. The van der Waals surface area contributed by atoms with E-state index < -0.39 is 36.0 Å². The zero-order valence-electron chi connectivity index (χ0n) is 27.0. The molecule has 0 heterocycles. The summed E-state index contributed by atoms with van der Waals surface area (Å²) in [6.07, 6.45) is -0.199. The lowest BCUT2D eigenvalue weighted by molar-refractivity contribution is -0.136. The summed E-state index contributed by atoms with van der Waals surface area (Å²) in [5.74, 6) is -2.56. The number of nitrogens with zero attached hydrogens (tertiary/aromatic N) is 3. The minimum atomic E-state index is -1.23. The minimum absolute atomic E-state index is 0.00997. The van der Waals surface area contributed by atoms with Crippen LogP contribution >= 0.6 is 0 Å². The predicted molar refractivity (Wildman–Crippen MR) is 183 cm³/mol. The van der Waals surface area contributed by atoms with Gasteiger partial charge in [0.25, 0.3) is 0 Å². The standard InChI is InChI=1S/C39H34F2N4O4/c1-44(33-14-16-34(49-2)17-15-33)39(48)36(20-28-18-31(40)22-32(41)19-28)43-37(46)25-45(24-27-12-10-26(23-42)11-13-27)38(47)21-30-8-5-7-29-6-3-4-9-35(29)30/h3-19,22,36H,20-21,24-25H2,1-2H3,(H,43,46). The van der Waals surface area contributed by atoms with Gasteiger partial charge in [-0.1, -0.05) is 54.6 Å². The van der Waals surface area contributed by atoms with Crippen molar-refractivity contribution in [2.75, 3.05) is 25.6 Å². The Balaban J connectivity index is 1.41. The van der Waals surface area contributed by atoms with E-state index in [1.807, 2.05) is 42.5 Å². The van der Waals surface area contributed by atoms with E-state index in [9.17, 15) is 28.4 Å². The van der Waals surface area contributed by atoms with Gasteiger partial charge in [0, 0.05) is 31.8 Å². The lowest BCUT2D eigenvalue weighted by atomic mass is 10.0. The molecule has 0 aliphatic carbocycles. The van der Waals surface area contributed by atoms with Gasteiger partial charge in [-0.3, -0.25) is 14.4 Å². The van der Waals surface area contributed by atoms with E-state index in [2.05, 4.69) is 11.4 Å². The summed E-state index contributed by atoms with van der Waals surface area (Å²) >= 11 is 0. The molecule has 0 bridgehead atoms. The summed E-state index contributed by atoms with van der Waals surface area (Å²) in [6, 6.07) is 30.5. The predicted octanol–water partition coefficient (Wildman–Crippen LogP) is 5.96. The number of rotatable bonds is 12. The highest BCUT2D eigenvalue weighted by molar-refractivity contribution is 5.99. The second-order valence-electron chi connectivity index (χ2n) is 11.6. The zero-order chi connectivity index (χ0) is 34.9. The highest BCUT2D eigenvalue weighted by atomic mass is 19.1. The molecule has 5 aromatic carbocycles. The summed E-state index contributed by atoms with van der Waals surface area (Å²) in [5, 5.41) is 13.8. The van der Waals surface area contributed by atoms with Crippen molar-refractivity contribution in [1.82, 2.24) is 10.2 Å². The molecule has 0 fully saturated rings. The Labute approximate surface area is 283 Å². The Morgan fingerprint density at radius 2 is 1.53 bits per heavy atom. The number of halogens is 2. The molecule has 3 amide bonds. The smallest absolute Gasteiger partial charge is 0.249 e. The Kier molecular flexibility index (Phi) is 11.0. The number of nitriles is 1. The van der Waals surface area contributed by atoms with Crippen LogP contribution in [-0.2, 0) is 33.8 Å². The first kappa shape index (κ1) is 34.3. The maximum atomic E-state index is 14.1. The first-order chi connectivity index (χ1) is 23.6. The molecule has 1 N–H and O–H groups in total. The van der Waals surface area contributed by atoms with Crippen LogP contribution in [0.25, 0.3) is 10.8 Å². The molecule has 49 heavy (non-hydrogen) atoms. The number of ether oxygens (including phenoxy) is 1. The van der Waals surface area contributed by atoms with Gasteiger partial charge in [0.1, 0.15) is 23.4 Å². The zero-order valence-corrected chi connectivity index (χ0v) is 27.0. The fraction of sp³-hybridized carbons (Fsp3) is 0.179. The molecule has 0 saturated heterocycles. The summed E-state index contributed by atoms with van der Waals surface area (Å²) in [5.41, 5.74) is 2.60. The topological polar surface area (TPSA) is 103 Å². The van der Waals surface area contributed by atoms with Gasteiger partial charge < -0.3 is 19.9 Å². The molecular weight excluding hydrogens is 626 g/mol. The first-order valence-corrected chi connectivity index (χ1v) is 15.5. The van der Waals surface area contributed by atoms with Gasteiger partial charge in [0.05, 0.1) is 31.7 Å². The first-order valence-electron chi connectivity index (χ1n) is 15.5. The normalized spacial score (nSPS) is 11.3. The van der Waals surface area contributed by atoms with E-state index in [0.717, 1.165) is 34.5 Å². The Hall–Kier alpha value is -6.08. The van der Waals surface area contributed by atoms with E-state index in [1.54, 1.807) is 48.5 Å². The highest BCUT2D eigenvalue weighted by Crippen LogP contribution is 2.22. The third-order valence-electron chi connectivity index (χ3n) is 8.15. The number of amides is 3. The van der Waals surface area contributed by atoms with Crippen molar-refractivity contribution in [3.05, 3.63) is 143 Å². The van der Waals surface area contributed by atoms with E-state index in [-0.39, 0.29) is 30.9 Å². The maximum absolute atomic E-state index is 14.1. The summed E-state index contributed by atoms with van der Waals surface area (Å²) in [7, 11) is 3.05. The average Bonchev–Trinajstić information content (AvgIpc) is 3.10. The number of likely N-dealkylation sites (N-methyl/N-ethyl adjacent to an activating group) is 1. The van der Waals surface area contributed by atoms with Crippen LogP contribution < -0.4 is 15.0 Å². The van der Waals surface area contributed by atoms with Crippen molar-refractivity contribution in [2.24, 2.45) is 0 Å². The number of carbonyl (C=O) groups excluding carboxylic acids is 3. The van der Waals surface area contributed by atoms with Crippen LogP contribution in [0.1, 0.15) is 22.3 Å². The van der Waals surface area contributed by atoms with E-state index in [1.165, 1.54) is 24.0 Å². The molecule has 0 radical (unpaired) electrons. The van der Waals surface area contributed by atoms with Crippen LogP contribution in [0.3, 0.4) is 0 Å². The molecular formula is C39H34F2N4O4. The molecule has 1 unspecified atom stereocenters. The van der Waals surface area contributed by atoms with Crippen LogP contribution in [0.4, 0.5) is 14.5 Å². The maximum Gasteiger partial charge on any atom is 0.249 e. The number of benzene rings is 5. The second kappa shape index (κ2) is 15.7. The largest absolute Gasteiger partial charge is 0.497 e. The van der Waals surface area contributed by atoms with Gasteiger partial charge in [-0.05, 0) is 76.0 Å². The monoisotopic (exact) mass is 660 g/mol. The van der Waals surface area contributed by atoms with Gasteiger partial charge in [-0.15, -0.1) is 0 Å². The molecule has 0 aliphatic heterocycles. The lowest BCUT2D eigenvalue weighted by Gasteiger charge is -2.27. The Morgan fingerprint density at radius 3 is 2.20 bits per heavy atom. The van der Waals surface area contributed by atoms with Gasteiger partial charge >= 0.3 is 0 Å². The average molecular weight is 661 g/mol. The van der Waals surface area contributed by atoms with E-state index in [4.69, 9.17) is 4.74 Å². The van der Waals surface area contributed by atoms with Gasteiger partial charge in [0.15, 0.2) is 0 Å². The third-order valence-corrected chi connectivity index (χ3v) is 8.15. The molecule has 5 rings (SSSR count). The Morgan fingerprint density at radius 1 is 0.857 bits per heavy atom. The molecule has 1 atom stereocenters. The minimum Gasteiger partial charge on any atom is -0.497 e. The SMILES string of the molecule is COc1ccc(N(C)C(=O)C(Cc2cc(F)cc(F)c2)NC(=O)CN(Cc2ccc(C#N)cc2)C(=O)Cc2cccc3ccccc23)cc1. The molecule has 248 valence electrons. The van der Waals surface area contributed by atoms with Crippen molar-refractivity contribution in [3.63, 3.8) is 0 Å². The fourth-order valence-corrected chi connectivity index (χ4v) is 5.60. The van der Waals surface area contributed by atoms with E-state index >= 15 is 0 Å². The van der Waals surface area contributed by atoms with E-state index in [0.29, 0.717) is 22.6 Å². The number of methoxy groups -OCH3 is 1. The van der Waals surface area contributed by atoms with Crippen LogP contribution in [-0.4, -0.2) is 49.4 Å². The number of carbonyl (C=O) groups is 3. The quantitative estimate of drug-likeness (QED) is 0.178. The van der Waals surface area contributed by atoms with Crippen LogP contribution in [0.2, 0.25) is 0 Å². The van der Waals surface area contributed by atoms with Crippen molar-refractivity contribution >= 4 is 34.2 Å². The van der Waals surface area contributed by atoms with Crippen LogP contribution in [0, 0.1) is 23.0 Å². The molecule has 0 spiro atoms. The van der Waals surface area contributed by atoms with Crippen molar-refractivity contribution in [3.8, 4) is 11.8 Å². The molecule has 0 saturated carbocycles. The summed E-state index contributed by atoms with van der Waals surface area (Å²) in [6.45, 7) is -0.348. The van der Waals surface area contributed by atoms with Crippen LogP contribution in [0.5, 0.6) is 5.75 Å². The molecule has 5 aromatic rings. The molecule has 10 heteroatoms. The molecule has 0 aliphatic rings. The highest BCUT2D eigenvalue weighted by Gasteiger charge is 2.28. The summed E-state index contributed by atoms with van der Waals surface area (Å²) < 4.78 is 33.5. The lowest BCUT2D eigenvalue weighted by Crippen LogP contribution is -2.51. The number of anilines is 1. The summed E-state index contributed by atoms with van der Waals surface area (Å²) in [4.78, 5) is 44.1. The molecule has 8 nitrogen and oxygen atoms in total. The number of hydrogen-bond donors (Lipinski definition) is 1. The van der Waals surface area contributed by atoms with Gasteiger partial charge in [-0.2, -0.15) is 5.26 Å². The fourth-order valence-electron chi connectivity index (χ4n) is 5.60. The van der Waals surface area contributed by atoms with Crippen molar-refractivity contribution < 1.29 is 27.9 Å². The van der Waals surface area contributed by atoms with Crippen molar-refractivity contribution in [1.29, 1.82) is 5.26 Å². The van der Waals surface area contributed by atoms with Gasteiger partial charge in [0.2, 0.25) is 17.7 Å². The number of fused-ring (bicyclic) bond motifs is 1. The van der Waals surface area contributed by atoms with Crippen LogP contribution in [0.15, 0.2) is 109 Å². The molecule has 0 aromatic heterocycles. The Bertz CT molecular complexity index is 1980. The second-order valence-corrected chi connectivity index (χ2v) is 11.6. The third kappa shape index (κ3) is 8.84. The van der Waals surface area contributed by atoms with Gasteiger partial charge in [-0.25, -0.2) is 8.78 Å². The number of nitrogens with one attached hydrogen (secondary N) is 1.